The van der Waals surface area contributed by atoms with Crippen LogP contribution in [0.4, 0.5) is 0 Å². The first-order valence-electron chi connectivity index (χ1n) is 9.58. The molecule has 4 aromatic rings. The van der Waals surface area contributed by atoms with E-state index in [9.17, 15) is 35.1 Å². The predicted molar refractivity (Wildman–Crippen MR) is 119 cm³/mol. The van der Waals surface area contributed by atoms with Gasteiger partial charge in [0.25, 0.3) is 0 Å². The average molecular weight is 470 g/mol. The molecule has 0 aliphatic heterocycles. The van der Waals surface area contributed by atoms with Crippen molar-refractivity contribution in [2.24, 2.45) is 0 Å². The monoisotopic (exact) mass is 470 g/mol. The highest BCUT2D eigenvalue weighted by Gasteiger charge is 2.30. The summed E-state index contributed by atoms with van der Waals surface area (Å²) in [5, 5.41) is 54.2. The maximum absolute atomic E-state index is 13.0. The molecule has 0 aliphatic rings. The minimum atomic E-state index is -0.986. The van der Waals surface area contributed by atoms with Gasteiger partial charge in [-0.15, -0.1) is 0 Å². The topological polar surface area (TPSA) is 158 Å². The lowest BCUT2D eigenvalue weighted by Crippen LogP contribution is -2.12. The number of phenols is 4. The van der Waals surface area contributed by atoms with Gasteiger partial charge in [0.15, 0.2) is 17.3 Å². The molecule has 2 heterocycles. The largest absolute Gasteiger partial charge is 0.507 e. The Labute approximate surface area is 190 Å². The maximum atomic E-state index is 13.0. The quantitative estimate of drug-likeness (QED) is 0.216. The number of ether oxygens (including phenoxy) is 1. The Morgan fingerprint density at radius 2 is 1.79 bits per heavy atom. The minimum Gasteiger partial charge on any atom is -0.507 e. The third-order valence-electron chi connectivity index (χ3n) is 5.27. The van der Waals surface area contributed by atoms with E-state index in [0.717, 1.165) is 18.2 Å². The standard InChI is InChI=1S/C23H18O9S/c1-31-17(28)7-12(11-4-5-33-9-11)18-15(26)8-16(27)19-20(29)21(30)22(32-23(18)19)10-2-3-13(24)14(25)6-10/h2-6,8-9,12,24-27,30H,7H2,1H3/t12-/m1/s1. The second kappa shape index (κ2) is 8.40. The fourth-order valence-corrected chi connectivity index (χ4v) is 4.37. The molecular formula is C23H18O9S. The van der Waals surface area contributed by atoms with E-state index in [0.29, 0.717) is 5.56 Å². The summed E-state index contributed by atoms with van der Waals surface area (Å²) in [6.07, 6.45) is -0.208. The van der Waals surface area contributed by atoms with Crippen LogP contribution >= 0.6 is 11.3 Å². The number of methoxy groups -OCH3 is 1. The predicted octanol–water partition coefficient (Wildman–Crippen LogP) is 3.74. The second-order valence-electron chi connectivity index (χ2n) is 7.23. The number of hydrogen-bond acceptors (Lipinski definition) is 10. The minimum absolute atomic E-state index is 0.0351. The van der Waals surface area contributed by atoms with Crippen molar-refractivity contribution >= 4 is 28.3 Å². The Bertz CT molecular complexity index is 1420. The van der Waals surface area contributed by atoms with Gasteiger partial charge in [0.1, 0.15) is 22.5 Å². The normalized spacial score (nSPS) is 12.0. The molecule has 5 N–H and O–H groups in total. The van der Waals surface area contributed by atoms with Gasteiger partial charge in [-0.05, 0) is 40.6 Å². The van der Waals surface area contributed by atoms with Gasteiger partial charge in [-0.25, -0.2) is 0 Å². The second-order valence-corrected chi connectivity index (χ2v) is 8.01. The van der Waals surface area contributed by atoms with Crippen LogP contribution in [0.25, 0.3) is 22.3 Å². The van der Waals surface area contributed by atoms with Gasteiger partial charge in [-0.3, -0.25) is 9.59 Å². The van der Waals surface area contributed by atoms with Gasteiger partial charge < -0.3 is 34.7 Å². The molecule has 0 saturated heterocycles. The molecule has 2 aromatic carbocycles. The lowest BCUT2D eigenvalue weighted by atomic mass is 9.88. The SMILES string of the molecule is COC(=O)C[C@H](c1ccsc1)c1c(O)cc(O)c2c(=O)c(O)c(-c3ccc(O)c(O)c3)oc12. The third kappa shape index (κ3) is 3.80. The van der Waals surface area contributed by atoms with E-state index in [1.54, 1.807) is 16.8 Å². The van der Waals surface area contributed by atoms with Crippen molar-refractivity contribution in [3.63, 3.8) is 0 Å². The molecule has 1 atom stereocenters. The summed E-state index contributed by atoms with van der Waals surface area (Å²) in [6, 6.07) is 6.18. The molecule has 170 valence electrons. The highest BCUT2D eigenvalue weighted by atomic mass is 32.1. The number of fused-ring (bicyclic) bond motifs is 1. The first-order valence-corrected chi connectivity index (χ1v) is 10.5. The fourth-order valence-electron chi connectivity index (χ4n) is 3.65. The molecule has 0 amide bonds. The Morgan fingerprint density at radius 3 is 2.42 bits per heavy atom. The number of rotatable bonds is 5. The molecule has 0 spiro atoms. The number of carbonyl (C=O) groups is 1. The van der Waals surface area contributed by atoms with Crippen molar-refractivity contribution in [1.29, 1.82) is 0 Å². The number of carbonyl (C=O) groups excluding carboxylic acids is 1. The lowest BCUT2D eigenvalue weighted by molar-refractivity contribution is -0.140. The highest BCUT2D eigenvalue weighted by molar-refractivity contribution is 7.08. The van der Waals surface area contributed by atoms with Crippen LogP contribution < -0.4 is 5.43 Å². The van der Waals surface area contributed by atoms with E-state index >= 15 is 0 Å². The highest BCUT2D eigenvalue weighted by Crippen LogP contribution is 2.45. The van der Waals surface area contributed by atoms with E-state index in [2.05, 4.69) is 0 Å². The maximum Gasteiger partial charge on any atom is 0.306 e. The van der Waals surface area contributed by atoms with Crippen LogP contribution in [0.1, 0.15) is 23.5 Å². The molecule has 0 fully saturated rings. The van der Waals surface area contributed by atoms with Crippen molar-refractivity contribution in [2.45, 2.75) is 12.3 Å². The van der Waals surface area contributed by atoms with Crippen molar-refractivity contribution in [2.75, 3.05) is 7.11 Å². The molecule has 4 rings (SSSR count). The van der Waals surface area contributed by atoms with Crippen LogP contribution in [0.2, 0.25) is 0 Å². The van der Waals surface area contributed by atoms with E-state index in [4.69, 9.17) is 9.15 Å². The van der Waals surface area contributed by atoms with Crippen LogP contribution in [-0.4, -0.2) is 38.6 Å². The first kappa shape index (κ1) is 22.0. The Balaban J connectivity index is 2.08. The van der Waals surface area contributed by atoms with Crippen LogP contribution in [-0.2, 0) is 9.53 Å². The van der Waals surface area contributed by atoms with E-state index < -0.39 is 51.4 Å². The summed E-state index contributed by atoms with van der Waals surface area (Å²) in [5.41, 5.74) is -0.520. The van der Waals surface area contributed by atoms with Gasteiger partial charge in [0.05, 0.1) is 13.5 Å². The molecule has 0 radical (unpaired) electrons. The van der Waals surface area contributed by atoms with Gasteiger partial charge in [-0.2, -0.15) is 11.3 Å². The number of phenolic OH excluding ortho intramolecular Hbond substituents is 4. The van der Waals surface area contributed by atoms with Crippen molar-refractivity contribution in [3.05, 3.63) is 62.4 Å². The number of benzene rings is 2. The van der Waals surface area contributed by atoms with Gasteiger partial charge in [0.2, 0.25) is 11.2 Å². The lowest BCUT2D eigenvalue weighted by Gasteiger charge is -2.19. The van der Waals surface area contributed by atoms with E-state index in [1.165, 1.54) is 24.5 Å². The zero-order valence-electron chi connectivity index (χ0n) is 17.1. The van der Waals surface area contributed by atoms with Crippen LogP contribution in [0.15, 0.2) is 50.3 Å². The van der Waals surface area contributed by atoms with E-state index in [1.807, 2.05) is 0 Å². The van der Waals surface area contributed by atoms with Crippen LogP contribution in [0.5, 0.6) is 28.7 Å². The van der Waals surface area contributed by atoms with Crippen molar-refractivity contribution in [3.8, 4) is 40.1 Å². The summed E-state index contributed by atoms with van der Waals surface area (Å²) < 4.78 is 10.6. The number of aromatic hydroxyl groups is 5. The smallest absolute Gasteiger partial charge is 0.306 e. The molecule has 2 aromatic heterocycles. The fraction of sp³-hybridized carbons (Fsp3) is 0.130. The molecule has 0 aliphatic carbocycles. The Kier molecular flexibility index (Phi) is 5.60. The Morgan fingerprint density at radius 1 is 1.03 bits per heavy atom. The summed E-state index contributed by atoms with van der Waals surface area (Å²) in [7, 11) is 1.22. The summed E-state index contributed by atoms with van der Waals surface area (Å²) in [6.45, 7) is 0. The van der Waals surface area contributed by atoms with Crippen LogP contribution in [0, 0.1) is 0 Å². The molecule has 0 bridgehead atoms. The number of hydrogen-bond donors (Lipinski definition) is 5. The third-order valence-corrected chi connectivity index (χ3v) is 5.97. The molecule has 9 nitrogen and oxygen atoms in total. The van der Waals surface area contributed by atoms with Crippen LogP contribution in [0.3, 0.4) is 0 Å². The van der Waals surface area contributed by atoms with Crippen molar-refractivity contribution in [1.82, 2.24) is 0 Å². The molecule has 0 unspecified atom stereocenters. The summed E-state index contributed by atoms with van der Waals surface area (Å²) >= 11 is 1.35. The zero-order valence-corrected chi connectivity index (χ0v) is 17.9. The first-order chi connectivity index (χ1) is 15.7. The molecular weight excluding hydrogens is 452 g/mol. The van der Waals surface area contributed by atoms with E-state index in [-0.39, 0.29) is 28.9 Å². The number of thiophene rings is 1. The Hall–Kier alpha value is -4.18. The summed E-state index contributed by atoms with van der Waals surface area (Å²) in [4.78, 5) is 25.1. The van der Waals surface area contributed by atoms with Gasteiger partial charge >= 0.3 is 5.97 Å². The number of esters is 1. The summed E-state index contributed by atoms with van der Waals surface area (Å²) in [5.74, 6) is -4.61. The van der Waals surface area contributed by atoms with Gasteiger partial charge in [0, 0.05) is 23.1 Å². The molecule has 10 heteroatoms. The van der Waals surface area contributed by atoms with Crippen molar-refractivity contribution < 1.29 is 39.5 Å². The average Bonchev–Trinajstić information content (AvgIpc) is 3.31. The molecule has 33 heavy (non-hydrogen) atoms. The van der Waals surface area contributed by atoms with Gasteiger partial charge in [-0.1, -0.05) is 0 Å². The zero-order chi connectivity index (χ0) is 23.9. The molecule has 0 saturated carbocycles.